The molecule has 23 heavy (non-hydrogen) atoms. The van der Waals surface area contributed by atoms with Crippen LogP contribution in [0.3, 0.4) is 0 Å². The average molecular weight is 329 g/mol. The summed E-state index contributed by atoms with van der Waals surface area (Å²) in [5.74, 6) is 2.69. The van der Waals surface area contributed by atoms with Gasteiger partial charge < -0.3 is 15.0 Å². The minimum Gasteiger partial charge on any atom is -0.396 e. The van der Waals surface area contributed by atoms with Gasteiger partial charge in [-0.25, -0.2) is 15.0 Å². The fourth-order valence-corrected chi connectivity index (χ4v) is 3.98. The van der Waals surface area contributed by atoms with Gasteiger partial charge in [0.05, 0.1) is 5.39 Å². The second-order valence-corrected chi connectivity index (χ2v) is 6.99. The van der Waals surface area contributed by atoms with Crippen molar-refractivity contribution in [3.8, 4) is 11.6 Å². The number of aliphatic hydroxyl groups excluding tert-OH is 1. The van der Waals surface area contributed by atoms with Gasteiger partial charge in [0.2, 0.25) is 0 Å². The van der Waals surface area contributed by atoms with E-state index in [1.807, 2.05) is 23.2 Å². The molecule has 3 aromatic rings. The summed E-state index contributed by atoms with van der Waals surface area (Å²) >= 11 is 1.61. The highest BCUT2D eigenvalue weighted by atomic mass is 32.1. The van der Waals surface area contributed by atoms with Crippen LogP contribution in [-0.4, -0.2) is 37.3 Å². The van der Waals surface area contributed by atoms with Crippen molar-refractivity contribution in [1.82, 2.24) is 19.5 Å². The summed E-state index contributed by atoms with van der Waals surface area (Å²) in [6.07, 6.45) is 6.78. The number of hydrogen-bond acceptors (Lipinski definition) is 6. The molecule has 7 heteroatoms. The second kappa shape index (κ2) is 5.90. The molecule has 0 unspecified atom stereocenters. The molecule has 3 aromatic heterocycles. The molecule has 0 saturated heterocycles. The highest BCUT2D eigenvalue weighted by Crippen LogP contribution is 2.32. The molecular weight excluding hydrogens is 310 g/mol. The lowest BCUT2D eigenvalue weighted by molar-refractivity contribution is 0.229. The molecule has 1 saturated carbocycles. The molecule has 1 aliphatic carbocycles. The first-order valence-electron chi connectivity index (χ1n) is 7.85. The van der Waals surface area contributed by atoms with Gasteiger partial charge in [-0.15, -0.1) is 11.3 Å². The van der Waals surface area contributed by atoms with Gasteiger partial charge in [-0.2, -0.15) is 0 Å². The predicted molar refractivity (Wildman–Crippen MR) is 91.5 cm³/mol. The molecule has 0 aliphatic heterocycles. The summed E-state index contributed by atoms with van der Waals surface area (Å²) in [4.78, 5) is 14.7. The lowest BCUT2D eigenvalue weighted by Crippen LogP contribution is -2.17. The van der Waals surface area contributed by atoms with Crippen molar-refractivity contribution in [3.05, 3.63) is 23.8 Å². The van der Waals surface area contributed by atoms with Crippen molar-refractivity contribution in [2.45, 2.75) is 25.3 Å². The Hall–Kier alpha value is -1.99. The Balaban J connectivity index is 1.70. The van der Waals surface area contributed by atoms with E-state index in [0.717, 1.165) is 41.1 Å². The number of hydrogen-bond donors (Lipinski definition) is 2. The molecule has 2 atom stereocenters. The van der Waals surface area contributed by atoms with Crippen LogP contribution in [0.4, 0.5) is 5.82 Å². The Morgan fingerprint density at radius 1 is 1.39 bits per heavy atom. The molecule has 1 aliphatic rings. The van der Waals surface area contributed by atoms with E-state index in [-0.39, 0.29) is 6.61 Å². The van der Waals surface area contributed by atoms with E-state index < -0.39 is 0 Å². The molecule has 0 spiro atoms. The fraction of sp³-hybridized carbons (Fsp3) is 0.438. The maximum absolute atomic E-state index is 9.33. The van der Waals surface area contributed by atoms with Crippen molar-refractivity contribution in [1.29, 1.82) is 0 Å². The number of fused-ring (bicyclic) bond motifs is 1. The van der Waals surface area contributed by atoms with Crippen molar-refractivity contribution in [2.24, 2.45) is 13.0 Å². The highest BCUT2D eigenvalue weighted by Gasteiger charge is 2.25. The summed E-state index contributed by atoms with van der Waals surface area (Å²) < 4.78 is 1.93. The maximum atomic E-state index is 9.33. The van der Waals surface area contributed by atoms with Crippen LogP contribution in [0.1, 0.15) is 19.3 Å². The Kier molecular flexibility index (Phi) is 3.74. The van der Waals surface area contributed by atoms with E-state index in [1.165, 1.54) is 0 Å². The van der Waals surface area contributed by atoms with Gasteiger partial charge >= 0.3 is 0 Å². The molecule has 6 nitrogen and oxygen atoms in total. The van der Waals surface area contributed by atoms with Crippen LogP contribution >= 0.6 is 11.3 Å². The number of thiophene rings is 1. The van der Waals surface area contributed by atoms with Crippen molar-refractivity contribution in [3.63, 3.8) is 0 Å². The molecular formula is C16H19N5OS. The maximum Gasteiger partial charge on any atom is 0.199 e. The standard InChI is InChI=1S/C16H19N5OS/c1-21-6-5-17-15(21)14-19-13(12-4-7-23-16(12)20-14)18-11-3-2-10(8-11)9-22/h4-7,10-11,22H,2-3,8-9H2,1H3,(H,18,19,20)/t10-,11+/m0/s1. The van der Waals surface area contributed by atoms with Gasteiger partial charge in [-0.1, -0.05) is 0 Å². The lowest BCUT2D eigenvalue weighted by Gasteiger charge is -2.15. The summed E-state index contributed by atoms with van der Waals surface area (Å²) in [6.45, 7) is 0.272. The Morgan fingerprint density at radius 3 is 3.04 bits per heavy atom. The smallest absolute Gasteiger partial charge is 0.199 e. The third-order valence-electron chi connectivity index (χ3n) is 4.49. The van der Waals surface area contributed by atoms with Gasteiger partial charge in [-0.05, 0) is 36.6 Å². The van der Waals surface area contributed by atoms with Crippen LogP contribution in [0.15, 0.2) is 23.8 Å². The number of aryl methyl sites for hydroxylation is 1. The largest absolute Gasteiger partial charge is 0.396 e. The van der Waals surface area contributed by atoms with E-state index >= 15 is 0 Å². The number of aromatic nitrogens is 4. The number of anilines is 1. The zero-order valence-corrected chi connectivity index (χ0v) is 13.8. The van der Waals surface area contributed by atoms with Crippen LogP contribution in [0.2, 0.25) is 0 Å². The van der Waals surface area contributed by atoms with Gasteiger partial charge in [-0.3, -0.25) is 0 Å². The van der Waals surface area contributed by atoms with Crippen LogP contribution < -0.4 is 5.32 Å². The van der Waals surface area contributed by atoms with Crippen molar-refractivity contribution >= 4 is 27.4 Å². The summed E-state index contributed by atoms with van der Waals surface area (Å²) in [7, 11) is 1.94. The Morgan fingerprint density at radius 2 is 2.30 bits per heavy atom. The lowest BCUT2D eigenvalue weighted by atomic mass is 10.1. The van der Waals surface area contributed by atoms with Gasteiger partial charge in [0.1, 0.15) is 10.6 Å². The molecule has 0 aromatic carbocycles. The van der Waals surface area contributed by atoms with Crippen LogP contribution in [0.25, 0.3) is 21.9 Å². The monoisotopic (exact) mass is 329 g/mol. The molecule has 4 rings (SSSR count). The third kappa shape index (κ3) is 2.70. The molecule has 2 N–H and O–H groups in total. The van der Waals surface area contributed by atoms with Crippen LogP contribution in [0.5, 0.6) is 0 Å². The first kappa shape index (κ1) is 14.6. The average Bonchev–Trinajstić information content (AvgIpc) is 3.26. The summed E-state index contributed by atoms with van der Waals surface area (Å²) in [5.41, 5.74) is 0. The van der Waals surface area contributed by atoms with E-state index in [1.54, 1.807) is 17.5 Å². The Bertz CT molecular complexity index is 827. The summed E-state index contributed by atoms with van der Waals surface area (Å²) in [5, 5.41) is 16.0. The number of nitrogens with one attached hydrogen (secondary N) is 1. The fourth-order valence-electron chi connectivity index (χ4n) is 3.21. The van der Waals surface area contributed by atoms with Crippen LogP contribution in [-0.2, 0) is 7.05 Å². The van der Waals surface area contributed by atoms with Gasteiger partial charge in [0.15, 0.2) is 11.6 Å². The normalized spacial score (nSPS) is 21.1. The topological polar surface area (TPSA) is 75.9 Å². The molecule has 120 valence electrons. The third-order valence-corrected chi connectivity index (χ3v) is 5.29. The number of rotatable bonds is 4. The highest BCUT2D eigenvalue weighted by molar-refractivity contribution is 7.16. The van der Waals surface area contributed by atoms with Crippen molar-refractivity contribution < 1.29 is 5.11 Å². The zero-order valence-electron chi connectivity index (χ0n) is 12.9. The number of aliphatic hydroxyl groups is 1. The first-order chi connectivity index (χ1) is 11.2. The van der Waals surface area contributed by atoms with Crippen LogP contribution in [0, 0.1) is 5.92 Å². The van der Waals surface area contributed by atoms with Gasteiger partial charge in [0.25, 0.3) is 0 Å². The first-order valence-corrected chi connectivity index (χ1v) is 8.73. The molecule has 1 fully saturated rings. The number of imidazole rings is 1. The minimum absolute atomic E-state index is 0.272. The van der Waals surface area contributed by atoms with E-state index in [9.17, 15) is 5.11 Å². The van der Waals surface area contributed by atoms with E-state index in [0.29, 0.717) is 17.8 Å². The molecule has 0 amide bonds. The predicted octanol–water partition coefficient (Wildman–Crippen LogP) is 2.66. The molecule has 0 bridgehead atoms. The van der Waals surface area contributed by atoms with E-state index in [4.69, 9.17) is 4.98 Å². The SMILES string of the molecule is Cn1ccnc1-c1nc(N[C@@H]2CC[C@H](CO)C2)c2ccsc2n1. The van der Waals surface area contributed by atoms with E-state index in [2.05, 4.69) is 21.4 Å². The molecule has 0 radical (unpaired) electrons. The molecule has 3 heterocycles. The number of nitrogens with zero attached hydrogens (tertiary/aromatic N) is 4. The second-order valence-electron chi connectivity index (χ2n) is 6.10. The minimum atomic E-state index is 0.272. The zero-order chi connectivity index (χ0) is 15.8. The quantitative estimate of drug-likeness (QED) is 0.769. The summed E-state index contributed by atoms with van der Waals surface area (Å²) in [6, 6.07) is 2.42. The van der Waals surface area contributed by atoms with Crippen molar-refractivity contribution in [2.75, 3.05) is 11.9 Å². The Labute approximate surface area is 138 Å². The van der Waals surface area contributed by atoms with Gasteiger partial charge in [0, 0.05) is 32.1 Å².